The molecule has 13 N–H and O–H groups in total. The minimum absolute atomic E-state index is 0.0122. The highest BCUT2D eigenvalue weighted by Crippen LogP contribution is 2.31. The van der Waals surface area contributed by atoms with Crippen molar-refractivity contribution in [2.45, 2.75) is 142 Å². The van der Waals surface area contributed by atoms with Gasteiger partial charge in [-0.25, -0.2) is 0 Å². The zero-order valence-electron chi connectivity index (χ0n) is 81.4. The molecule has 31 nitrogen and oxygen atoms in total. The Labute approximate surface area is 817 Å². The van der Waals surface area contributed by atoms with E-state index in [-0.39, 0.29) is 64.8 Å². The highest BCUT2D eigenvalue weighted by atomic mass is 16.2. The molecule has 6 atom stereocenters. The summed E-state index contributed by atoms with van der Waals surface area (Å²) in [6.45, 7) is 6.53. The molecule has 2 aromatic heterocycles. The van der Waals surface area contributed by atoms with Crippen molar-refractivity contribution in [3.8, 4) is 0 Å². The van der Waals surface area contributed by atoms with Crippen molar-refractivity contribution < 1.29 is 57.5 Å². The van der Waals surface area contributed by atoms with Gasteiger partial charge in [-0.1, -0.05) is 218 Å². The van der Waals surface area contributed by atoms with Crippen LogP contribution < -0.4 is 34.0 Å². The molecule has 8 aromatic carbocycles. The summed E-state index contributed by atoms with van der Waals surface area (Å²) in [6.07, 6.45) is 8.26. The molecule has 0 fully saturated rings. The lowest BCUT2D eigenvalue weighted by Gasteiger charge is -2.37. The molecule has 0 aliphatic carbocycles. The summed E-state index contributed by atoms with van der Waals surface area (Å²) in [4.78, 5) is 206. The van der Waals surface area contributed by atoms with E-state index in [1.165, 1.54) is 53.9 Å². The van der Waals surface area contributed by atoms with Crippen LogP contribution in [0.5, 0.6) is 0 Å². The average Bonchev–Trinajstić information content (AvgIpc) is 1.81. The van der Waals surface area contributed by atoms with Gasteiger partial charge >= 0.3 is 0 Å². The van der Waals surface area contributed by atoms with Crippen LogP contribution in [0, 0.1) is 0 Å². The van der Waals surface area contributed by atoms with Crippen molar-refractivity contribution in [3.63, 3.8) is 0 Å². The van der Waals surface area contributed by atoms with E-state index in [2.05, 4.69) is 15.3 Å². The van der Waals surface area contributed by atoms with Crippen LogP contribution in [-0.4, -0.2) is 279 Å². The molecule has 10 rings (SSSR count). The largest absolute Gasteiger partial charge is 0.368 e. The number of para-hydroxylation sites is 2. The Morgan fingerprint density at radius 2 is 0.482 bits per heavy atom. The normalized spacial score (nSPS) is 12.5. The zero-order valence-corrected chi connectivity index (χ0v) is 81.4. The summed E-state index contributed by atoms with van der Waals surface area (Å²) in [5, 5.41) is 5.10. The monoisotopic (exact) mass is 1900 g/mol. The Bertz CT molecular complexity index is 5580. The SMILES string of the molecule is C[C@@H](c1ccccc1)N(CC(=O)N(CCc1c[nH]c2ccccc12)CC(=O)N(CCCCN)CC(=O)N(CC(=O)N(CC(=O)N(CCCCN)CC(=O)N(CC(=O)N(CC(=O)N(CCCCN)CC(=O)N(CC(=O)N(CCc1c[nH]c2ccccc12)CC(N)=O)[C@@H](C)c1ccccc1)[C@@H](C)c1ccccc1)[C@@H](C)c1ccccc1)[C@@H](C)c1ccccc1)[C@@H](C)c1ccccc1)C(=O)CNCCCCN. The maximum atomic E-state index is 16.1. The number of hydrogen-bond donors (Lipinski definition) is 8. The van der Waals surface area contributed by atoms with Crippen molar-refractivity contribution >= 4 is 92.7 Å². The number of H-pyrrole nitrogens is 2. The standard InChI is InChI=1S/C108H141N19O12/c1-79(85-37-13-7-14-38-85)122(98(129)67-114-59-33-29-55-109)73-103(134)121(64-54-92-66-116-96-52-28-26-50-94(92)96)69-99(130)117(60-34-30-56-110)70-105(136)126(83(5)89-45-21-11-22-46-89)77-107(138)125(82(4)88-43-19-10-20-44-88)75-101(132)119(62-36-32-58-112)72-106(137)127(84(6)90-47-23-12-24-48-90)78-108(139)124(81(3)87-41-17-9-18-42-87)74-100(131)118(61-35-31-57-111)71-104(135)123(80(2)86-39-15-8-16-40-86)76-102(133)120(68-97(113)128)63-53-91-65-115-95-51-27-25-49-93(91)95/h7-28,37-52,65-66,79-84,114-116H,29-36,53-64,67-78,109-112H2,1-6H3,(H2,113,128)/t79-,80-,81-,82-,83-,84-/m0/s1. The number of benzene rings is 8. The quantitative estimate of drug-likeness (QED) is 0.0164. The minimum Gasteiger partial charge on any atom is -0.368 e. The van der Waals surface area contributed by atoms with Gasteiger partial charge in [-0.3, -0.25) is 57.5 Å². The summed E-state index contributed by atoms with van der Waals surface area (Å²) in [5.41, 5.74) is 37.6. The number of aromatic amines is 2. The first-order valence-electron chi connectivity index (χ1n) is 48.6. The first kappa shape index (κ1) is 107. The average molecular weight is 1900 g/mol. The van der Waals surface area contributed by atoms with Crippen molar-refractivity contribution in [2.75, 3.05) is 144 Å². The van der Waals surface area contributed by atoms with Crippen LogP contribution in [0.4, 0.5) is 0 Å². The van der Waals surface area contributed by atoms with E-state index in [9.17, 15) is 14.4 Å². The van der Waals surface area contributed by atoms with Crippen LogP contribution >= 0.6 is 0 Å². The van der Waals surface area contributed by atoms with Crippen LogP contribution in [0.15, 0.2) is 243 Å². The second-order valence-electron chi connectivity index (χ2n) is 35.6. The lowest BCUT2D eigenvalue weighted by atomic mass is 10.0. The van der Waals surface area contributed by atoms with Crippen LogP contribution in [-0.2, 0) is 70.4 Å². The van der Waals surface area contributed by atoms with Gasteiger partial charge in [0.25, 0.3) is 0 Å². The number of carbonyl (C=O) groups is 12. The van der Waals surface area contributed by atoms with Gasteiger partial charge < -0.3 is 97.9 Å². The maximum absolute atomic E-state index is 16.1. The number of carbonyl (C=O) groups excluding carboxylic acids is 12. The van der Waals surface area contributed by atoms with E-state index >= 15 is 43.2 Å². The number of unbranched alkanes of at least 4 members (excludes halogenated alkanes) is 4. The van der Waals surface area contributed by atoms with Gasteiger partial charge in [0.1, 0.15) is 39.3 Å². The molecule has 0 bridgehead atoms. The lowest BCUT2D eigenvalue weighted by Crippen LogP contribution is -2.54. The van der Waals surface area contributed by atoms with E-state index in [0.29, 0.717) is 92.3 Å². The molecule has 0 saturated heterocycles. The van der Waals surface area contributed by atoms with Crippen molar-refractivity contribution in [1.29, 1.82) is 0 Å². The van der Waals surface area contributed by atoms with Crippen LogP contribution in [0.25, 0.3) is 21.8 Å². The van der Waals surface area contributed by atoms with Gasteiger partial charge in [0.15, 0.2) is 0 Å². The van der Waals surface area contributed by atoms with Crippen LogP contribution in [0.1, 0.15) is 174 Å². The Hall–Kier alpha value is -13.7. The molecule has 0 saturated carbocycles. The molecule has 0 aliphatic heterocycles. The topological polar surface area (TPSA) is 414 Å². The molecule has 0 aliphatic rings. The highest BCUT2D eigenvalue weighted by Gasteiger charge is 2.39. The Morgan fingerprint density at radius 3 is 0.763 bits per heavy atom. The first-order chi connectivity index (χ1) is 67.2. The Morgan fingerprint density at radius 1 is 0.259 bits per heavy atom. The molecule has 12 amide bonds. The molecule has 0 radical (unpaired) electrons. The van der Waals surface area contributed by atoms with Crippen molar-refractivity contribution in [1.82, 2.24) is 69.2 Å². The Kier molecular flexibility index (Phi) is 42.9. The number of fused-ring (bicyclic) bond motifs is 2. The number of nitrogens with two attached hydrogens (primary N) is 5. The summed E-state index contributed by atoms with van der Waals surface area (Å²) in [5.74, 6) is -7.28. The fraction of sp³-hybridized carbons (Fsp3) is 0.407. The number of primary amides is 1. The van der Waals surface area contributed by atoms with E-state index in [0.717, 1.165) is 51.3 Å². The number of nitrogens with zero attached hydrogens (tertiary/aromatic N) is 11. The lowest BCUT2D eigenvalue weighted by molar-refractivity contribution is -0.151. The molecule has 0 spiro atoms. The Balaban J connectivity index is 0.936. The van der Waals surface area contributed by atoms with Gasteiger partial charge in [-0.15, -0.1) is 0 Å². The third-order valence-corrected chi connectivity index (χ3v) is 26.0. The molecular formula is C108H141N19O12. The van der Waals surface area contributed by atoms with E-state index in [4.69, 9.17) is 28.7 Å². The highest BCUT2D eigenvalue weighted by molar-refractivity contribution is 5.96. The summed E-state index contributed by atoms with van der Waals surface area (Å²) >= 11 is 0. The predicted molar refractivity (Wildman–Crippen MR) is 542 cm³/mol. The third kappa shape index (κ3) is 31.7. The molecule has 740 valence electrons. The van der Waals surface area contributed by atoms with E-state index in [1.54, 1.807) is 71.0 Å². The fourth-order valence-corrected chi connectivity index (χ4v) is 17.5. The van der Waals surface area contributed by atoms with Gasteiger partial charge in [-0.2, -0.15) is 0 Å². The summed E-state index contributed by atoms with van der Waals surface area (Å²) in [6, 6.07) is 65.4. The number of hydrogen-bond acceptors (Lipinski definition) is 17. The minimum atomic E-state index is -0.858. The molecule has 139 heavy (non-hydrogen) atoms. The number of rotatable bonds is 58. The molecule has 0 unspecified atom stereocenters. The van der Waals surface area contributed by atoms with E-state index < -0.39 is 173 Å². The van der Waals surface area contributed by atoms with Gasteiger partial charge in [-0.05, 0) is 195 Å². The third-order valence-electron chi connectivity index (χ3n) is 26.0. The van der Waals surface area contributed by atoms with Crippen molar-refractivity contribution in [3.05, 3.63) is 287 Å². The molecule has 10 aromatic rings. The predicted octanol–water partition coefficient (Wildman–Crippen LogP) is 10.1. The number of aromatic nitrogens is 2. The molecular weight excluding hydrogens is 1760 g/mol. The number of amides is 12. The molecule has 2 heterocycles. The summed E-state index contributed by atoms with van der Waals surface area (Å²) < 4.78 is 0. The first-order valence-corrected chi connectivity index (χ1v) is 48.6. The zero-order chi connectivity index (χ0) is 99.7. The second kappa shape index (κ2) is 55.6. The summed E-state index contributed by atoms with van der Waals surface area (Å²) in [7, 11) is 0. The smallest absolute Gasteiger partial charge is 0.243 e. The van der Waals surface area contributed by atoms with Gasteiger partial charge in [0.2, 0.25) is 70.9 Å². The van der Waals surface area contributed by atoms with Gasteiger partial charge in [0, 0.05) is 66.9 Å². The maximum Gasteiger partial charge on any atom is 0.243 e. The van der Waals surface area contributed by atoms with Crippen LogP contribution in [0.2, 0.25) is 0 Å². The second-order valence-corrected chi connectivity index (χ2v) is 35.6. The van der Waals surface area contributed by atoms with Crippen molar-refractivity contribution in [2.24, 2.45) is 28.7 Å². The van der Waals surface area contributed by atoms with E-state index in [1.807, 2.05) is 213 Å². The number of nitrogens with one attached hydrogen (secondary N) is 3. The fourth-order valence-electron chi connectivity index (χ4n) is 17.5. The van der Waals surface area contributed by atoms with Gasteiger partial charge in [0.05, 0.1) is 75.5 Å². The molecule has 31 heteroatoms. The van der Waals surface area contributed by atoms with Crippen LogP contribution in [0.3, 0.4) is 0 Å².